The van der Waals surface area contributed by atoms with Crippen LogP contribution < -0.4 is 28.7 Å². The van der Waals surface area contributed by atoms with E-state index in [-0.39, 0.29) is 24.0 Å². The summed E-state index contributed by atoms with van der Waals surface area (Å²) in [5, 5.41) is 10.4. The number of aliphatic hydroxyl groups is 1. The number of halogens is 1. The number of quaternary nitrogens is 1. The van der Waals surface area contributed by atoms with E-state index >= 15 is 0 Å². The molecule has 0 aliphatic heterocycles. The number of hydrogen-bond donors (Lipinski definition) is 1. The van der Waals surface area contributed by atoms with Crippen molar-refractivity contribution in [1.29, 1.82) is 0 Å². The van der Waals surface area contributed by atoms with Gasteiger partial charge < -0.3 is 43.0 Å². The lowest BCUT2D eigenvalue weighted by atomic mass is 10.0. The predicted molar refractivity (Wildman–Crippen MR) is 96.4 cm³/mol. The molecule has 0 aliphatic carbocycles. The van der Waals surface area contributed by atoms with E-state index in [0.717, 1.165) is 5.56 Å². The van der Waals surface area contributed by atoms with Gasteiger partial charge in [-0.15, -0.1) is 0 Å². The van der Waals surface area contributed by atoms with Crippen LogP contribution in [-0.4, -0.2) is 50.4 Å². The standard InChI is InChI=1S/C20H26NO4.HI/c1-21(2,3)13-18(22)16-10-11-19(17(12-16)20(23)24-4)25-14-15-8-6-5-7-9-15;/h5-12,18,22H,13-14H2,1-4H3;1H/q+1;/p-1. The van der Waals surface area contributed by atoms with Crippen LogP contribution in [0.25, 0.3) is 0 Å². The van der Waals surface area contributed by atoms with Gasteiger partial charge in [-0.1, -0.05) is 36.4 Å². The van der Waals surface area contributed by atoms with Gasteiger partial charge in [-0.05, 0) is 23.3 Å². The minimum Gasteiger partial charge on any atom is -1.00 e. The summed E-state index contributed by atoms with van der Waals surface area (Å²) in [5.41, 5.74) is 1.99. The lowest BCUT2D eigenvalue weighted by Gasteiger charge is -2.27. The molecule has 0 amide bonds. The fraction of sp³-hybridized carbons (Fsp3) is 0.350. The molecule has 0 heterocycles. The van der Waals surface area contributed by atoms with Crippen LogP contribution in [0.2, 0.25) is 0 Å². The zero-order valence-corrected chi connectivity index (χ0v) is 17.8. The highest BCUT2D eigenvalue weighted by Gasteiger charge is 2.21. The first-order valence-corrected chi connectivity index (χ1v) is 8.17. The van der Waals surface area contributed by atoms with Gasteiger partial charge in [-0.3, -0.25) is 0 Å². The Balaban J connectivity index is 0.00000338. The van der Waals surface area contributed by atoms with Crippen LogP contribution in [0.15, 0.2) is 48.5 Å². The van der Waals surface area contributed by atoms with Crippen molar-refractivity contribution in [2.24, 2.45) is 0 Å². The smallest absolute Gasteiger partial charge is 0.341 e. The number of nitrogens with zero attached hydrogens (tertiary/aromatic N) is 1. The van der Waals surface area contributed by atoms with Crippen LogP contribution in [0.4, 0.5) is 0 Å². The Hall–Kier alpha value is -1.64. The van der Waals surface area contributed by atoms with Crippen molar-refractivity contribution in [2.45, 2.75) is 12.7 Å². The minimum atomic E-state index is -0.674. The Bertz CT molecular complexity index is 713. The third-order valence-electron chi connectivity index (χ3n) is 3.75. The highest BCUT2D eigenvalue weighted by Crippen LogP contribution is 2.26. The summed E-state index contributed by atoms with van der Waals surface area (Å²) in [6, 6.07) is 14.9. The number of hydrogen-bond acceptors (Lipinski definition) is 4. The fourth-order valence-corrected chi connectivity index (χ4v) is 2.51. The Morgan fingerprint density at radius 1 is 1.12 bits per heavy atom. The SMILES string of the molecule is COC(=O)c1cc(C(O)C[N+](C)(C)C)ccc1OCc1ccccc1.[I-]. The number of carbonyl (C=O) groups is 1. The van der Waals surface area contributed by atoms with Gasteiger partial charge in [0.2, 0.25) is 0 Å². The quantitative estimate of drug-likeness (QED) is 0.345. The summed E-state index contributed by atoms with van der Waals surface area (Å²) >= 11 is 0. The summed E-state index contributed by atoms with van der Waals surface area (Å²) in [7, 11) is 7.34. The van der Waals surface area contributed by atoms with Crippen molar-refractivity contribution in [3.63, 3.8) is 0 Å². The second-order valence-corrected chi connectivity index (χ2v) is 7.01. The second-order valence-electron chi connectivity index (χ2n) is 7.01. The molecule has 0 aromatic heterocycles. The molecule has 0 fully saturated rings. The molecule has 6 heteroatoms. The fourth-order valence-electron chi connectivity index (χ4n) is 2.51. The van der Waals surface area contributed by atoms with Gasteiger partial charge in [-0.25, -0.2) is 4.79 Å². The third-order valence-corrected chi connectivity index (χ3v) is 3.75. The van der Waals surface area contributed by atoms with E-state index in [0.29, 0.717) is 34.5 Å². The molecule has 0 saturated carbocycles. The van der Waals surface area contributed by atoms with Crippen molar-refractivity contribution in [2.75, 3.05) is 34.8 Å². The summed E-state index contributed by atoms with van der Waals surface area (Å²) in [6.45, 7) is 0.885. The number of aliphatic hydroxyl groups excluding tert-OH is 1. The van der Waals surface area contributed by atoms with Crippen LogP contribution in [0, 0.1) is 0 Å². The lowest BCUT2D eigenvalue weighted by Crippen LogP contribution is -3.00. The molecule has 2 rings (SSSR count). The Morgan fingerprint density at radius 3 is 2.35 bits per heavy atom. The van der Waals surface area contributed by atoms with Crippen LogP contribution in [0.1, 0.15) is 27.6 Å². The van der Waals surface area contributed by atoms with Crippen molar-refractivity contribution in [1.82, 2.24) is 0 Å². The third kappa shape index (κ3) is 6.59. The molecule has 1 atom stereocenters. The molecular weight excluding hydrogens is 445 g/mol. The molecule has 1 N–H and O–H groups in total. The topological polar surface area (TPSA) is 55.8 Å². The molecule has 0 saturated heterocycles. The number of methoxy groups -OCH3 is 1. The van der Waals surface area contributed by atoms with E-state index in [2.05, 4.69) is 0 Å². The average Bonchev–Trinajstić information content (AvgIpc) is 2.58. The Kier molecular flexibility index (Phi) is 8.52. The van der Waals surface area contributed by atoms with Gasteiger partial charge in [0, 0.05) is 0 Å². The first-order chi connectivity index (χ1) is 11.8. The average molecular weight is 471 g/mol. The second kappa shape index (κ2) is 9.89. The number of benzene rings is 2. The minimum absolute atomic E-state index is 0. The van der Waals surface area contributed by atoms with E-state index in [1.54, 1.807) is 18.2 Å². The summed E-state index contributed by atoms with van der Waals surface area (Å²) in [4.78, 5) is 12.1. The molecule has 142 valence electrons. The van der Waals surface area contributed by atoms with Crippen molar-refractivity contribution >= 4 is 5.97 Å². The number of carbonyl (C=O) groups excluding carboxylic acids is 1. The summed E-state index contributed by atoms with van der Waals surface area (Å²) in [6.07, 6.45) is -0.674. The van der Waals surface area contributed by atoms with Crippen LogP contribution >= 0.6 is 0 Å². The molecule has 5 nitrogen and oxygen atoms in total. The number of esters is 1. The van der Waals surface area contributed by atoms with Gasteiger partial charge in [0.15, 0.2) is 0 Å². The molecule has 26 heavy (non-hydrogen) atoms. The molecule has 0 spiro atoms. The predicted octanol–water partition coefficient (Wildman–Crippen LogP) is -0.204. The lowest BCUT2D eigenvalue weighted by molar-refractivity contribution is -0.874. The number of rotatable bonds is 7. The normalized spacial score (nSPS) is 12.0. The zero-order valence-electron chi connectivity index (χ0n) is 15.6. The van der Waals surface area contributed by atoms with Crippen LogP contribution in [0.5, 0.6) is 5.75 Å². The van der Waals surface area contributed by atoms with Crippen molar-refractivity contribution in [3.8, 4) is 5.75 Å². The maximum absolute atomic E-state index is 12.1. The molecule has 0 radical (unpaired) electrons. The first kappa shape index (κ1) is 22.4. The first-order valence-electron chi connectivity index (χ1n) is 8.17. The zero-order chi connectivity index (χ0) is 18.4. The van der Waals surface area contributed by atoms with Gasteiger partial charge in [-0.2, -0.15) is 0 Å². The number of likely N-dealkylation sites (N-methyl/N-ethyl adjacent to an activating group) is 1. The van der Waals surface area contributed by atoms with Gasteiger partial charge in [0.05, 0.1) is 28.3 Å². The highest BCUT2D eigenvalue weighted by atomic mass is 127. The van der Waals surface area contributed by atoms with Crippen LogP contribution in [-0.2, 0) is 11.3 Å². The van der Waals surface area contributed by atoms with Crippen molar-refractivity contribution < 1.29 is 47.8 Å². The van der Waals surface area contributed by atoms with E-state index in [1.165, 1.54) is 7.11 Å². The largest absolute Gasteiger partial charge is 1.00 e. The highest BCUT2D eigenvalue weighted by molar-refractivity contribution is 5.92. The maximum atomic E-state index is 12.1. The van der Waals surface area contributed by atoms with Gasteiger partial charge in [0.25, 0.3) is 0 Å². The van der Waals surface area contributed by atoms with Gasteiger partial charge >= 0.3 is 5.97 Å². The molecule has 1 unspecified atom stereocenters. The van der Waals surface area contributed by atoms with Crippen LogP contribution in [0.3, 0.4) is 0 Å². The Morgan fingerprint density at radius 2 is 1.77 bits per heavy atom. The maximum Gasteiger partial charge on any atom is 0.341 e. The summed E-state index contributed by atoms with van der Waals surface area (Å²) in [5.74, 6) is -0.0424. The molecule has 0 bridgehead atoms. The van der Waals surface area contributed by atoms with E-state index in [9.17, 15) is 9.90 Å². The van der Waals surface area contributed by atoms with Crippen molar-refractivity contribution in [3.05, 3.63) is 65.2 Å². The molecule has 0 aliphatic rings. The molecule has 2 aromatic carbocycles. The summed E-state index contributed by atoms with van der Waals surface area (Å²) < 4.78 is 11.3. The van der Waals surface area contributed by atoms with Gasteiger partial charge in [0.1, 0.15) is 30.6 Å². The molecule has 2 aromatic rings. The number of ether oxygens (including phenoxy) is 2. The Labute approximate surface area is 172 Å². The van der Waals surface area contributed by atoms with E-state index in [1.807, 2.05) is 51.5 Å². The van der Waals surface area contributed by atoms with E-state index < -0.39 is 12.1 Å². The van der Waals surface area contributed by atoms with E-state index in [4.69, 9.17) is 9.47 Å². The monoisotopic (exact) mass is 471 g/mol. The molecular formula is C20H26INO4.